The van der Waals surface area contributed by atoms with E-state index in [4.69, 9.17) is 0 Å². The summed E-state index contributed by atoms with van der Waals surface area (Å²) >= 11 is 1.20. The van der Waals surface area contributed by atoms with Crippen molar-refractivity contribution in [1.82, 2.24) is 30.1 Å². The summed E-state index contributed by atoms with van der Waals surface area (Å²) in [6, 6.07) is 9.48. The molecule has 0 spiro atoms. The van der Waals surface area contributed by atoms with Gasteiger partial charge in [0.1, 0.15) is 5.52 Å². The first-order valence-corrected chi connectivity index (χ1v) is 8.09. The van der Waals surface area contributed by atoms with E-state index < -0.39 is 0 Å². The van der Waals surface area contributed by atoms with Gasteiger partial charge in [0.05, 0.1) is 5.75 Å². The molecular formula is C15H11N7OS. The van der Waals surface area contributed by atoms with Crippen LogP contribution in [0.4, 0.5) is 5.95 Å². The molecule has 0 saturated heterocycles. The van der Waals surface area contributed by atoms with E-state index in [9.17, 15) is 4.79 Å². The van der Waals surface area contributed by atoms with Crippen LogP contribution in [0.25, 0.3) is 22.1 Å². The Morgan fingerprint density at radius 1 is 1.12 bits per heavy atom. The summed E-state index contributed by atoms with van der Waals surface area (Å²) in [7, 11) is 0. The fourth-order valence-electron chi connectivity index (χ4n) is 2.22. The van der Waals surface area contributed by atoms with Gasteiger partial charge in [0, 0.05) is 23.3 Å². The van der Waals surface area contributed by atoms with Crippen molar-refractivity contribution in [3.05, 3.63) is 42.7 Å². The minimum absolute atomic E-state index is 0.145. The molecule has 0 aliphatic heterocycles. The number of aromatic nitrogens is 6. The van der Waals surface area contributed by atoms with E-state index in [0.717, 1.165) is 16.4 Å². The van der Waals surface area contributed by atoms with Crippen molar-refractivity contribution in [1.29, 1.82) is 0 Å². The molecule has 24 heavy (non-hydrogen) atoms. The summed E-state index contributed by atoms with van der Waals surface area (Å²) in [5.74, 6) is 0.186. The maximum atomic E-state index is 11.9. The van der Waals surface area contributed by atoms with Crippen molar-refractivity contribution in [2.75, 3.05) is 11.1 Å². The maximum Gasteiger partial charge on any atom is 0.237 e. The molecule has 1 aromatic carbocycles. The zero-order valence-corrected chi connectivity index (χ0v) is 13.1. The number of benzene rings is 1. The van der Waals surface area contributed by atoms with Gasteiger partial charge in [-0.2, -0.15) is 0 Å². The Morgan fingerprint density at radius 3 is 2.83 bits per heavy atom. The summed E-state index contributed by atoms with van der Waals surface area (Å²) in [4.78, 5) is 27.4. The number of thioether (sulfide) groups is 1. The molecule has 0 aliphatic rings. The SMILES string of the molecule is O=C(CSc1nnc2c(n1)[nH]c1ccccc12)Nc1ncccn1. The van der Waals surface area contributed by atoms with Gasteiger partial charge in [-0.15, -0.1) is 10.2 Å². The minimum atomic E-state index is -0.230. The van der Waals surface area contributed by atoms with Gasteiger partial charge >= 0.3 is 0 Å². The van der Waals surface area contributed by atoms with E-state index in [2.05, 4.69) is 35.5 Å². The Balaban J connectivity index is 1.48. The topological polar surface area (TPSA) is 109 Å². The standard InChI is InChI=1S/C15H11N7OS/c23-11(19-14-16-6-3-7-17-14)8-24-15-20-13-12(21-22-15)9-4-1-2-5-10(9)18-13/h1-7H,8H2,(H,18,20,22)(H,16,17,19,23). The lowest BCUT2D eigenvalue weighted by molar-refractivity contribution is -0.113. The Hall–Kier alpha value is -3.07. The molecule has 0 unspecified atom stereocenters. The monoisotopic (exact) mass is 337 g/mol. The summed E-state index contributed by atoms with van der Waals surface area (Å²) in [5.41, 5.74) is 2.33. The van der Waals surface area contributed by atoms with Crippen LogP contribution in [0, 0.1) is 0 Å². The molecule has 0 saturated carbocycles. The molecule has 1 amide bonds. The van der Waals surface area contributed by atoms with Gasteiger partial charge in [-0.25, -0.2) is 15.0 Å². The summed E-state index contributed by atoms with van der Waals surface area (Å²) in [6.07, 6.45) is 3.12. The summed E-state index contributed by atoms with van der Waals surface area (Å²) in [6.45, 7) is 0. The average molecular weight is 337 g/mol. The van der Waals surface area contributed by atoms with E-state index >= 15 is 0 Å². The lowest BCUT2D eigenvalue weighted by atomic mass is 10.2. The second-order valence-corrected chi connectivity index (χ2v) is 5.81. The number of H-pyrrole nitrogens is 1. The molecule has 8 nitrogen and oxygen atoms in total. The quantitative estimate of drug-likeness (QED) is 0.548. The van der Waals surface area contributed by atoms with Crippen LogP contribution in [-0.2, 0) is 4.79 Å². The first-order chi connectivity index (χ1) is 11.8. The number of rotatable bonds is 4. The van der Waals surface area contributed by atoms with Gasteiger partial charge in [0.2, 0.25) is 17.0 Å². The van der Waals surface area contributed by atoms with Crippen molar-refractivity contribution >= 4 is 45.7 Å². The predicted octanol–water partition coefficient (Wildman–Crippen LogP) is 2.03. The van der Waals surface area contributed by atoms with Crippen LogP contribution in [0.2, 0.25) is 0 Å². The van der Waals surface area contributed by atoms with Crippen LogP contribution < -0.4 is 5.32 Å². The van der Waals surface area contributed by atoms with Gasteiger partial charge in [-0.1, -0.05) is 30.0 Å². The molecule has 0 aliphatic carbocycles. The maximum absolute atomic E-state index is 11.9. The van der Waals surface area contributed by atoms with Crippen molar-refractivity contribution < 1.29 is 4.79 Å². The number of nitrogens with one attached hydrogen (secondary N) is 2. The third-order valence-corrected chi connectivity index (χ3v) is 4.09. The highest BCUT2D eigenvalue weighted by Crippen LogP contribution is 2.23. The zero-order valence-electron chi connectivity index (χ0n) is 12.3. The molecule has 2 N–H and O–H groups in total. The second kappa shape index (κ2) is 6.20. The molecule has 0 fully saturated rings. The number of hydrogen-bond acceptors (Lipinski definition) is 7. The molecule has 0 atom stereocenters. The third-order valence-electron chi connectivity index (χ3n) is 3.25. The molecule has 118 valence electrons. The number of amides is 1. The van der Waals surface area contributed by atoms with Crippen LogP contribution in [0.1, 0.15) is 0 Å². The van der Waals surface area contributed by atoms with E-state index in [-0.39, 0.29) is 17.6 Å². The molecule has 4 rings (SSSR count). The number of para-hydroxylation sites is 1. The fraction of sp³-hybridized carbons (Fsp3) is 0.0667. The Bertz CT molecular complexity index is 1020. The van der Waals surface area contributed by atoms with Crippen molar-refractivity contribution in [3.8, 4) is 0 Å². The molecule has 4 aromatic rings. The molecule has 0 bridgehead atoms. The van der Waals surface area contributed by atoms with E-state index in [0.29, 0.717) is 10.8 Å². The smallest absolute Gasteiger partial charge is 0.237 e. The normalized spacial score (nSPS) is 11.0. The number of nitrogens with zero attached hydrogens (tertiary/aromatic N) is 5. The fourth-order valence-corrected chi connectivity index (χ4v) is 2.81. The molecule has 0 radical (unpaired) electrons. The number of carbonyl (C=O) groups excluding carboxylic acids is 1. The molecule has 3 heterocycles. The number of anilines is 1. The molecule has 3 aromatic heterocycles. The number of hydrogen-bond donors (Lipinski definition) is 2. The van der Waals surface area contributed by atoms with E-state index in [1.54, 1.807) is 18.5 Å². The number of fused-ring (bicyclic) bond motifs is 3. The average Bonchev–Trinajstić information content (AvgIpc) is 2.98. The Kier molecular flexibility index (Phi) is 3.75. The minimum Gasteiger partial charge on any atom is -0.338 e. The molecule has 9 heteroatoms. The lowest BCUT2D eigenvalue weighted by Gasteiger charge is -2.02. The Morgan fingerprint density at radius 2 is 1.96 bits per heavy atom. The van der Waals surface area contributed by atoms with Crippen LogP contribution in [0.3, 0.4) is 0 Å². The van der Waals surface area contributed by atoms with Crippen LogP contribution in [0.5, 0.6) is 0 Å². The van der Waals surface area contributed by atoms with Gasteiger partial charge in [-0.05, 0) is 12.1 Å². The van der Waals surface area contributed by atoms with Crippen molar-refractivity contribution in [2.45, 2.75) is 5.16 Å². The highest BCUT2D eigenvalue weighted by Gasteiger charge is 2.11. The van der Waals surface area contributed by atoms with Gasteiger partial charge < -0.3 is 4.98 Å². The number of aromatic amines is 1. The zero-order chi connectivity index (χ0) is 16.4. The summed E-state index contributed by atoms with van der Waals surface area (Å²) < 4.78 is 0. The highest BCUT2D eigenvalue weighted by molar-refractivity contribution is 7.99. The second-order valence-electron chi connectivity index (χ2n) is 4.87. The van der Waals surface area contributed by atoms with E-state index in [1.165, 1.54) is 11.8 Å². The van der Waals surface area contributed by atoms with Gasteiger partial charge in [0.15, 0.2) is 5.65 Å². The van der Waals surface area contributed by atoms with Crippen LogP contribution in [0.15, 0.2) is 47.9 Å². The van der Waals surface area contributed by atoms with Gasteiger partial charge in [-0.3, -0.25) is 10.1 Å². The lowest BCUT2D eigenvalue weighted by Crippen LogP contribution is -2.16. The first kappa shape index (κ1) is 14.5. The summed E-state index contributed by atoms with van der Waals surface area (Å²) in [5, 5.41) is 12.3. The van der Waals surface area contributed by atoms with Crippen LogP contribution in [-0.4, -0.2) is 41.8 Å². The highest BCUT2D eigenvalue weighted by atomic mass is 32.2. The van der Waals surface area contributed by atoms with E-state index in [1.807, 2.05) is 24.3 Å². The van der Waals surface area contributed by atoms with Crippen LogP contribution >= 0.6 is 11.8 Å². The van der Waals surface area contributed by atoms with Crippen molar-refractivity contribution in [3.63, 3.8) is 0 Å². The Labute approximate surface area is 140 Å². The third kappa shape index (κ3) is 2.88. The van der Waals surface area contributed by atoms with Crippen molar-refractivity contribution in [2.24, 2.45) is 0 Å². The predicted molar refractivity (Wildman–Crippen MR) is 90.6 cm³/mol. The van der Waals surface area contributed by atoms with Gasteiger partial charge in [0.25, 0.3) is 0 Å². The first-order valence-electron chi connectivity index (χ1n) is 7.10. The number of carbonyl (C=O) groups is 1. The molecular weight excluding hydrogens is 326 g/mol. The largest absolute Gasteiger partial charge is 0.338 e.